The van der Waals surface area contributed by atoms with Gasteiger partial charge in [0, 0.05) is 9.50 Å². The van der Waals surface area contributed by atoms with Crippen molar-refractivity contribution in [1.82, 2.24) is 10.2 Å². The molecule has 116 valence electrons. The lowest BCUT2D eigenvalue weighted by molar-refractivity contribution is -0.123. The second kappa shape index (κ2) is 6.56. The Balaban J connectivity index is 1.79. The Bertz CT molecular complexity index is 785. The molecule has 0 atom stereocenters. The Morgan fingerprint density at radius 1 is 1.04 bits per heavy atom. The summed E-state index contributed by atoms with van der Waals surface area (Å²) in [7, 11) is 0. The van der Waals surface area contributed by atoms with E-state index < -0.39 is 6.03 Å². The van der Waals surface area contributed by atoms with E-state index in [1.165, 1.54) is 4.90 Å². The maximum Gasteiger partial charge on any atom is 0.329 e. The van der Waals surface area contributed by atoms with Gasteiger partial charge in [-0.2, -0.15) is 0 Å². The third-order valence-electron chi connectivity index (χ3n) is 3.40. The standard InChI is InChI=1S/C17H12BrClN2O2/c18-13-5-1-12(2-6-13)10-21-16(22)15(20-17(21)23)9-11-3-7-14(19)8-4-11/h1-9H,10H2,(H,20,23)/b15-9+. The monoisotopic (exact) mass is 390 g/mol. The van der Waals surface area contributed by atoms with E-state index >= 15 is 0 Å². The van der Waals surface area contributed by atoms with Gasteiger partial charge in [-0.05, 0) is 41.5 Å². The van der Waals surface area contributed by atoms with Gasteiger partial charge in [0.25, 0.3) is 5.91 Å². The molecule has 0 aliphatic carbocycles. The zero-order valence-electron chi connectivity index (χ0n) is 11.9. The number of urea groups is 1. The molecule has 1 N–H and O–H groups in total. The number of carbonyl (C=O) groups excluding carboxylic acids is 2. The summed E-state index contributed by atoms with van der Waals surface area (Å²) in [5.41, 5.74) is 1.93. The summed E-state index contributed by atoms with van der Waals surface area (Å²) in [5.74, 6) is -0.340. The Kier molecular flexibility index (Phi) is 4.50. The number of imide groups is 1. The number of nitrogens with one attached hydrogen (secondary N) is 1. The zero-order chi connectivity index (χ0) is 16.4. The van der Waals surface area contributed by atoms with Gasteiger partial charge in [0.2, 0.25) is 0 Å². The molecule has 3 rings (SSSR count). The number of amides is 3. The molecule has 2 aromatic rings. The molecular formula is C17H12BrClN2O2. The summed E-state index contributed by atoms with van der Waals surface area (Å²) in [4.78, 5) is 25.6. The average Bonchev–Trinajstić information content (AvgIpc) is 2.79. The van der Waals surface area contributed by atoms with Gasteiger partial charge in [-0.1, -0.05) is 51.8 Å². The fraction of sp³-hybridized carbons (Fsp3) is 0.0588. The van der Waals surface area contributed by atoms with Crippen LogP contribution < -0.4 is 5.32 Å². The van der Waals surface area contributed by atoms with E-state index in [1.54, 1.807) is 30.3 Å². The second-order valence-electron chi connectivity index (χ2n) is 5.06. The van der Waals surface area contributed by atoms with Gasteiger partial charge in [0.05, 0.1) is 6.54 Å². The van der Waals surface area contributed by atoms with E-state index in [4.69, 9.17) is 11.6 Å². The van der Waals surface area contributed by atoms with Gasteiger partial charge in [-0.25, -0.2) is 4.79 Å². The van der Waals surface area contributed by atoms with E-state index in [9.17, 15) is 9.59 Å². The van der Waals surface area contributed by atoms with Crippen LogP contribution in [0.1, 0.15) is 11.1 Å². The van der Waals surface area contributed by atoms with Gasteiger partial charge in [0.15, 0.2) is 0 Å². The van der Waals surface area contributed by atoms with E-state index in [0.29, 0.717) is 5.02 Å². The van der Waals surface area contributed by atoms with Crippen molar-refractivity contribution in [3.63, 3.8) is 0 Å². The molecule has 23 heavy (non-hydrogen) atoms. The number of hydrogen-bond donors (Lipinski definition) is 1. The summed E-state index contributed by atoms with van der Waals surface area (Å²) in [5, 5.41) is 3.22. The minimum absolute atomic E-state index is 0.232. The third kappa shape index (κ3) is 3.63. The average molecular weight is 392 g/mol. The molecule has 1 saturated heterocycles. The van der Waals surface area contributed by atoms with Crippen LogP contribution >= 0.6 is 27.5 Å². The predicted molar refractivity (Wildman–Crippen MR) is 92.7 cm³/mol. The first-order chi connectivity index (χ1) is 11.0. The van der Waals surface area contributed by atoms with E-state index in [0.717, 1.165) is 15.6 Å². The summed E-state index contributed by atoms with van der Waals surface area (Å²) in [6, 6.07) is 14.1. The molecule has 1 heterocycles. The number of nitrogens with zero attached hydrogens (tertiary/aromatic N) is 1. The van der Waals surface area contributed by atoms with Gasteiger partial charge in [-0.15, -0.1) is 0 Å². The Morgan fingerprint density at radius 3 is 2.35 bits per heavy atom. The lowest BCUT2D eigenvalue weighted by atomic mass is 10.2. The van der Waals surface area contributed by atoms with Crippen molar-refractivity contribution in [2.24, 2.45) is 0 Å². The van der Waals surface area contributed by atoms with Crippen molar-refractivity contribution >= 4 is 45.5 Å². The van der Waals surface area contributed by atoms with Crippen LogP contribution in [0.4, 0.5) is 4.79 Å². The fourth-order valence-corrected chi connectivity index (χ4v) is 2.60. The molecule has 1 fully saturated rings. The molecule has 0 radical (unpaired) electrons. The van der Waals surface area contributed by atoms with Gasteiger partial charge in [-0.3, -0.25) is 9.69 Å². The second-order valence-corrected chi connectivity index (χ2v) is 6.41. The minimum atomic E-state index is -0.418. The first-order valence-corrected chi connectivity index (χ1v) is 8.04. The van der Waals surface area contributed by atoms with Gasteiger partial charge < -0.3 is 5.32 Å². The van der Waals surface area contributed by atoms with E-state index in [2.05, 4.69) is 21.2 Å². The van der Waals surface area contributed by atoms with Crippen LogP contribution in [-0.4, -0.2) is 16.8 Å². The molecule has 3 amide bonds. The Hall–Kier alpha value is -2.11. The first-order valence-electron chi connectivity index (χ1n) is 6.87. The molecule has 1 aliphatic rings. The highest BCUT2D eigenvalue weighted by molar-refractivity contribution is 9.10. The third-order valence-corrected chi connectivity index (χ3v) is 4.18. The van der Waals surface area contributed by atoms with E-state index in [-0.39, 0.29) is 18.1 Å². The van der Waals surface area contributed by atoms with Crippen molar-refractivity contribution in [1.29, 1.82) is 0 Å². The highest BCUT2D eigenvalue weighted by atomic mass is 79.9. The van der Waals surface area contributed by atoms with Crippen LogP contribution in [-0.2, 0) is 11.3 Å². The molecule has 0 spiro atoms. The summed E-state index contributed by atoms with van der Waals surface area (Å²) >= 11 is 9.19. The highest BCUT2D eigenvalue weighted by Gasteiger charge is 2.33. The molecule has 1 aliphatic heterocycles. The quantitative estimate of drug-likeness (QED) is 0.630. The normalized spacial score (nSPS) is 16.1. The Morgan fingerprint density at radius 2 is 1.70 bits per heavy atom. The van der Waals surface area contributed by atoms with Crippen LogP contribution in [0.3, 0.4) is 0 Å². The number of halogens is 2. The predicted octanol–water partition coefficient (Wildman–Crippen LogP) is 4.20. The molecule has 0 unspecified atom stereocenters. The highest BCUT2D eigenvalue weighted by Crippen LogP contribution is 2.19. The number of rotatable bonds is 3. The lowest BCUT2D eigenvalue weighted by Gasteiger charge is -2.11. The van der Waals surface area contributed by atoms with Crippen molar-refractivity contribution in [2.75, 3.05) is 0 Å². The van der Waals surface area contributed by atoms with Crippen molar-refractivity contribution in [2.45, 2.75) is 6.54 Å². The SMILES string of the molecule is O=C1N/C(=C/c2ccc(Cl)cc2)C(=O)N1Cc1ccc(Br)cc1. The smallest absolute Gasteiger partial charge is 0.303 e. The molecular weight excluding hydrogens is 380 g/mol. The van der Waals surface area contributed by atoms with Crippen LogP contribution in [0.5, 0.6) is 0 Å². The van der Waals surface area contributed by atoms with Gasteiger partial charge >= 0.3 is 6.03 Å². The first kappa shape index (κ1) is 15.8. The molecule has 0 saturated carbocycles. The number of hydrogen-bond acceptors (Lipinski definition) is 2. The zero-order valence-corrected chi connectivity index (χ0v) is 14.3. The summed E-state index contributed by atoms with van der Waals surface area (Å²) in [6.07, 6.45) is 1.64. The van der Waals surface area contributed by atoms with Gasteiger partial charge in [0.1, 0.15) is 5.70 Å². The fourth-order valence-electron chi connectivity index (χ4n) is 2.21. The van der Waals surface area contributed by atoms with Crippen LogP contribution in [0.25, 0.3) is 6.08 Å². The number of benzene rings is 2. The molecule has 0 bridgehead atoms. The van der Waals surface area contributed by atoms with Crippen LogP contribution in [0.2, 0.25) is 5.02 Å². The molecule has 4 nitrogen and oxygen atoms in total. The Labute approximate surface area is 146 Å². The maximum absolute atomic E-state index is 12.4. The summed E-state index contributed by atoms with van der Waals surface area (Å²) in [6.45, 7) is 0.232. The molecule has 6 heteroatoms. The maximum atomic E-state index is 12.4. The topological polar surface area (TPSA) is 49.4 Å². The van der Waals surface area contributed by atoms with Crippen LogP contribution in [0, 0.1) is 0 Å². The minimum Gasteiger partial charge on any atom is -0.303 e. The van der Waals surface area contributed by atoms with Crippen molar-refractivity contribution in [3.8, 4) is 0 Å². The van der Waals surface area contributed by atoms with E-state index in [1.807, 2.05) is 24.3 Å². The largest absolute Gasteiger partial charge is 0.329 e. The van der Waals surface area contributed by atoms with Crippen molar-refractivity contribution < 1.29 is 9.59 Å². The van der Waals surface area contributed by atoms with Crippen molar-refractivity contribution in [3.05, 3.63) is 74.9 Å². The molecule has 0 aromatic heterocycles. The van der Waals surface area contributed by atoms with Crippen LogP contribution in [0.15, 0.2) is 58.7 Å². The summed E-state index contributed by atoms with van der Waals surface area (Å²) < 4.78 is 0.946. The number of carbonyl (C=O) groups is 2. The molecule has 2 aromatic carbocycles. The lowest BCUT2D eigenvalue weighted by Crippen LogP contribution is -2.30.